The molecule has 1 amide bonds. The predicted octanol–water partition coefficient (Wildman–Crippen LogP) is 1.81. The average Bonchev–Trinajstić information content (AvgIpc) is 2.32. The number of rotatable bonds is 11. The third kappa shape index (κ3) is 11.4. The molecule has 1 atom stereocenters. The van der Waals surface area contributed by atoms with Gasteiger partial charge in [-0.1, -0.05) is 13.8 Å². The van der Waals surface area contributed by atoms with Gasteiger partial charge >= 0.3 is 5.97 Å². The Bertz CT molecular complexity index is 243. The smallest absolute Gasteiger partial charge is 0.303 e. The molecule has 0 aromatic rings. The van der Waals surface area contributed by atoms with E-state index in [4.69, 9.17) is 9.84 Å². The van der Waals surface area contributed by atoms with E-state index in [0.29, 0.717) is 38.5 Å². The van der Waals surface area contributed by atoms with E-state index in [0.717, 1.165) is 12.8 Å². The molecular formula is C13H25NO4. The second kappa shape index (κ2) is 11.0. The predicted molar refractivity (Wildman–Crippen MR) is 69.4 cm³/mol. The average molecular weight is 259 g/mol. The Labute approximate surface area is 109 Å². The highest BCUT2D eigenvalue weighted by Gasteiger charge is 2.06. The first kappa shape index (κ1) is 16.9. The lowest BCUT2D eigenvalue weighted by Crippen LogP contribution is -2.26. The minimum Gasteiger partial charge on any atom is -0.481 e. The molecule has 0 radical (unpaired) electrons. The Balaban J connectivity index is 3.41. The summed E-state index contributed by atoms with van der Waals surface area (Å²) in [5.41, 5.74) is 0. The first-order chi connectivity index (χ1) is 8.56. The number of amides is 1. The molecule has 0 aromatic carbocycles. The fourth-order valence-electron chi connectivity index (χ4n) is 1.47. The van der Waals surface area contributed by atoms with Crippen LogP contribution in [0, 0.1) is 5.92 Å². The van der Waals surface area contributed by atoms with Crippen molar-refractivity contribution in [3.63, 3.8) is 0 Å². The van der Waals surface area contributed by atoms with E-state index in [1.165, 1.54) is 0 Å². The molecule has 0 rings (SSSR count). The molecule has 5 nitrogen and oxygen atoms in total. The van der Waals surface area contributed by atoms with Crippen LogP contribution in [0.2, 0.25) is 0 Å². The molecule has 0 aliphatic rings. The number of aliphatic carboxylic acids is 1. The third-order valence-electron chi connectivity index (χ3n) is 2.63. The van der Waals surface area contributed by atoms with Gasteiger partial charge in [0.2, 0.25) is 5.91 Å². The van der Waals surface area contributed by atoms with Gasteiger partial charge in [-0.25, -0.2) is 0 Å². The van der Waals surface area contributed by atoms with E-state index in [-0.39, 0.29) is 12.3 Å². The maximum atomic E-state index is 11.4. The van der Waals surface area contributed by atoms with Crippen molar-refractivity contribution in [2.24, 2.45) is 5.92 Å². The molecule has 0 bridgehead atoms. The summed E-state index contributed by atoms with van der Waals surface area (Å²) in [7, 11) is 0. The van der Waals surface area contributed by atoms with Crippen LogP contribution in [0.3, 0.4) is 0 Å². The fourth-order valence-corrected chi connectivity index (χ4v) is 1.47. The van der Waals surface area contributed by atoms with Crippen molar-refractivity contribution in [1.82, 2.24) is 5.32 Å². The maximum absolute atomic E-state index is 11.4. The summed E-state index contributed by atoms with van der Waals surface area (Å²) < 4.78 is 5.22. The number of nitrogens with one attached hydrogen (secondary N) is 1. The van der Waals surface area contributed by atoms with Crippen molar-refractivity contribution in [2.45, 2.75) is 46.0 Å². The molecule has 1 unspecified atom stereocenters. The number of carboxylic acid groups (broad SMARTS) is 1. The molecule has 106 valence electrons. The molecule has 0 saturated heterocycles. The summed E-state index contributed by atoms with van der Waals surface area (Å²) in [5, 5.41) is 11.3. The summed E-state index contributed by atoms with van der Waals surface area (Å²) in [6.07, 6.45) is 3.02. The monoisotopic (exact) mass is 259 g/mol. The minimum absolute atomic E-state index is 0.00321. The Morgan fingerprint density at radius 1 is 1.22 bits per heavy atom. The normalized spacial score (nSPS) is 12.1. The van der Waals surface area contributed by atoms with Gasteiger partial charge in [-0.2, -0.15) is 0 Å². The first-order valence-corrected chi connectivity index (χ1v) is 6.62. The SMILES string of the molecule is CCCOCCC(=O)NCCC(C)CCC(=O)O. The molecule has 0 spiro atoms. The van der Waals surface area contributed by atoms with Crippen LogP contribution < -0.4 is 5.32 Å². The van der Waals surface area contributed by atoms with Crippen LogP contribution in [0.15, 0.2) is 0 Å². The fraction of sp³-hybridized carbons (Fsp3) is 0.846. The number of carbonyl (C=O) groups is 2. The van der Waals surface area contributed by atoms with Crippen LogP contribution in [-0.4, -0.2) is 36.7 Å². The lowest BCUT2D eigenvalue weighted by atomic mass is 10.0. The highest BCUT2D eigenvalue weighted by Crippen LogP contribution is 2.09. The Morgan fingerprint density at radius 3 is 2.56 bits per heavy atom. The Hall–Kier alpha value is -1.10. The zero-order chi connectivity index (χ0) is 13.8. The van der Waals surface area contributed by atoms with Gasteiger partial charge in [-0.3, -0.25) is 9.59 Å². The van der Waals surface area contributed by atoms with E-state index in [9.17, 15) is 9.59 Å². The van der Waals surface area contributed by atoms with Crippen molar-refractivity contribution in [2.75, 3.05) is 19.8 Å². The second-order valence-electron chi connectivity index (χ2n) is 4.54. The lowest BCUT2D eigenvalue weighted by Gasteiger charge is -2.10. The lowest BCUT2D eigenvalue weighted by molar-refractivity contribution is -0.137. The molecule has 0 aliphatic carbocycles. The van der Waals surface area contributed by atoms with Gasteiger partial charge in [-0.15, -0.1) is 0 Å². The van der Waals surface area contributed by atoms with Crippen LogP contribution in [0.25, 0.3) is 0 Å². The standard InChI is InChI=1S/C13H25NO4/c1-3-9-18-10-7-12(15)14-8-6-11(2)4-5-13(16)17/h11H,3-10H2,1-2H3,(H,14,15)(H,16,17). The molecule has 5 heteroatoms. The van der Waals surface area contributed by atoms with Gasteiger partial charge in [0.25, 0.3) is 0 Å². The number of carbonyl (C=O) groups excluding carboxylic acids is 1. The van der Waals surface area contributed by atoms with Crippen molar-refractivity contribution >= 4 is 11.9 Å². The van der Waals surface area contributed by atoms with E-state index < -0.39 is 5.97 Å². The number of hydrogen-bond acceptors (Lipinski definition) is 3. The molecular weight excluding hydrogens is 234 g/mol. The van der Waals surface area contributed by atoms with Crippen molar-refractivity contribution < 1.29 is 19.4 Å². The van der Waals surface area contributed by atoms with Crippen LogP contribution >= 0.6 is 0 Å². The molecule has 0 aromatic heterocycles. The molecule has 0 aliphatic heterocycles. The second-order valence-corrected chi connectivity index (χ2v) is 4.54. The van der Waals surface area contributed by atoms with E-state index in [1.54, 1.807) is 0 Å². The summed E-state index contributed by atoms with van der Waals surface area (Å²) in [6, 6.07) is 0. The van der Waals surface area contributed by atoms with Crippen molar-refractivity contribution in [1.29, 1.82) is 0 Å². The van der Waals surface area contributed by atoms with Gasteiger partial charge in [0.15, 0.2) is 0 Å². The largest absolute Gasteiger partial charge is 0.481 e. The van der Waals surface area contributed by atoms with E-state index >= 15 is 0 Å². The molecule has 0 heterocycles. The number of carboxylic acids is 1. The summed E-state index contributed by atoms with van der Waals surface area (Å²) >= 11 is 0. The van der Waals surface area contributed by atoms with E-state index in [2.05, 4.69) is 5.32 Å². The summed E-state index contributed by atoms with van der Waals surface area (Å²) in [4.78, 5) is 21.7. The topological polar surface area (TPSA) is 75.6 Å². The first-order valence-electron chi connectivity index (χ1n) is 6.62. The quantitative estimate of drug-likeness (QED) is 0.555. The van der Waals surface area contributed by atoms with Crippen molar-refractivity contribution in [3.8, 4) is 0 Å². The van der Waals surface area contributed by atoms with Gasteiger partial charge in [-0.05, 0) is 25.2 Å². The van der Waals surface area contributed by atoms with Crippen molar-refractivity contribution in [3.05, 3.63) is 0 Å². The highest BCUT2D eigenvalue weighted by atomic mass is 16.5. The zero-order valence-corrected chi connectivity index (χ0v) is 11.4. The molecule has 0 saturated carbocycles. The van der Waals surface area contributed by atoms with Crippen LogP contribution in [-0.2, 0) is 14.3 Å². The Morgan fingerprint density at radius 2 is 1.94 bits per heavy atom. The number of hydrogen-bond donors (Lipinski definition) is 2. The molecule has 18 heavy (non-hydrogen) atoms. The van der Waals surface area contributed by atoms with Crippen LogP contribution in [0.5, 0.6) is 0 Å². The van der Waals surface area contributed by atoms with Gasteiger partial charge in [0, 0.05) is 26.0 Å². The van der Waals surface area contributed by atoms with Crippen LogP contribution in [0.4, 0.5) is 0 Å². The molecule has 0 fully saturated rings. The van der Waals surface area contributed by atoms with Gasteiger partial charge in [0.05, 0.1) is 6.61 Å². The van der Waals surface area contributed by atoms with Crippen LogP contribution in [0.1, 0.15) is 46.0 Å². The third-order valence-corrected chi connectivity index (χ3v) is 2.63. The molecule has 2 N–H and O–H groups in total. The van der Waals surface area contributed by atoms with E-state index in [1.807, 2.05) is 13.8 Å². The minimum atomic E-state index is -0.765. The maximum Gasteiger partial charge on any atom is 0.303 e. The summed E-state index contributed by atoms with van der Waals surface area (Å²) in [6.45, 7) is 5.79. The number of ether oxygens (including phenoxy) is 1. The van der Waals surface area contributed by atoms with Gasteiger partial charge < -0.3 is 15.2 Å². The zero-order valence-electron chi connectivity index (χ0n) is 11.4. The van der Waals surface area contributed by atoms with Gasteiger partial charge in [0.1, 0.15) is 0 Å². The highest BCUT2D eigenvalue weighted by molar-refractivity contribution is 5.75. The summed E-state index contributed by atoms with van der Waals surface area (Å²) in [5.74, 6) is -0.451. The Kier molecular flexibility index (Phi) is 10.3.